The van der Waals surface area contributed by atoms with E-state index in [1.54, 1.807) is 0 Å². The molecule has 3 aromatic carbocycles. The fourth-order valence-corrected chi connectivity index (χ4v) is 3.21. The Morgan fingerprint density at radius 2 is 1.00 bits per heavy atom. The zero-order valence-electron chi connectivity index (χ0n) is 13.2. The molecule has 0 bridgehead atoms. The Balaban J connectivity index is 2.19. The van der Waals surface area contributed by atoms with Crippen LogP contribution in [0.1, 0.15) is 16.7 Å². The van der Waals surface area contributed by atoms with Crippen LogP contribution in [0.25, 0.3) is 27.5 Å². The van der Waals surface area contributed by atoms with Gasteiger partial charge in [0.25, 0.3) is 0 Å². The average molecular weight is 285 g/mol. The van der Waals surface area contributed by atoms with Gasteiger partial charge in [-0.3, -0.25) is 0 Å². The molecule has 22 heavy (non-hydrogen) atoms. The first-order valence-corrected chi connectivity index (χ1v) is 7.72. The summed E-state index contributed by atoms with van der Waals surface area (Å²) in [7, 11) is 0. The quantitative estimate of drug-likeness (QED) is 0.422. The third kappa shape index (κ3) is 1.93. The number of nitrogens with zero attached hydrogens (tertiary/aromatic N) is 1. The third-order valence-electron chi connectivity index (χ3n) is 4.37. The molecule has 0 radical (unpaired) electrons. The van der Waals surface area contributed by atoms with Crippen LogP contribution in [0.15, 0.2) is 60.7 Å². The number of aromatic nitrogens is 1. The minimum atomic E-state index is 1.22. The topological polar surface area (TPSA) is 4.93 Å². The van der Waals surface area contributed by atoms with Crippen molar-refractivity contribution in [3.05, 3.63) is 77.4 Å². The van der Waals surface area contributed by atoms with Gasteiger partial charge < -0.3 is 4.57 Å². The third-order valence-corrected chi connectivity index (χ3v) is 4.37. The highest BCUT2D eigenvalue weighted by Crippen LogP contribution is 2.33. The Morgan fingerprint density at radius 1 is 0.545 bits per heavy atom. The maximum absolute atomic E-state index is 2.38. The highest BCUT2D eigenvalue weighted by atomic mass is 15.0. The minimum absolute atomic E-state index is 1.22. The second-order valence-electron chi connectivity index (χ2n) is 6.21. The molecule has 0 N–H and O–H groups in total. The average Bonchev–Trinajstić information content (AvgIpc) is 2.80. The van der Waals surface area contributed by atoms with E-state index in [0.717, 1.165) is 0 Å². The minimum Gasteiger partial charge on any atom is -0.309 e. The first kappa shape index (κ1) is 13.1. The number of fused-ring (bicyclic) bond motifs is 3. The molecule has 1 aromatic heterocycles. The number of benzene rings is 3. The van der Waals surface area contributed by atoms with Gasteiger partial charge in [0, 0.05) is 16.5 Å². The summed E-state index contributed by atoms with van der Waals surface area (Å²) in [5.41, 5.74) is 7.66. The van der Waals surface area contributed by atoms with Crippen molar-refractivity contribution in [2.45, 2.75) is 20.8 Å². The summed E-state index contributed by atoms with van der Waals surface area (Å²) < 4.78 is 2.38. The molecular formula is C21H19N. The lowest BCUT2D eigenvalue weighted by atomic mass is 10.1. The number of hydrogen-bond donors (Lipinski definition) is 0. The summed E-state index contributed by atoms with van der Waals surface area (Å²) in [4.78, 5) is 0. The smallest absolute Gasteiger partial charge is 0.0543 e. The lowest BCUT2D eigenvalue weighted by molar-refractivity contribution is 1.17. The van der Waals surface area contributed by atoms with Crippen LogP contribution < -0.4 is 0 Å². The Labute approximate surface area is 130 Å². The molecular weight excluding hydrogens is 266 g/mol. The molecule has 1 nitrogen and oxygen atoms in total. The Hall–Kier alpha value is -2.54. The first-order valence-electron chi connectivity index (χ1n) is 7.72. The van der Waals surface area contributed by atoms with Gasteiger partial charge in [0.1, 0.15) is 0 Å². The van der Waals surface area contributed by atoms with E-state index in [9.17, 15) is 0 Å². The van der Waals surface area contributed by atoms with E-state index >= 15 is 0 Å². The van der Waals surface area contributed by atoms with E-state index in [-0.39, 0.29) is 0 Å². The standard InChI is InChI=1S/C21H19N/c1-14-4-8-17(9-5-14)22-20-12-15(2)6-10-18(20)19-11-7-16(3)13-21(19)22/h4-13H,1-3H3. The summed E-state index contributed by atoms with van der Waals surface area (Å²) in [5.74, 6) is 0. The summed E-state index contributed by atoms with van der Waals surface area (Å²) in [6, 6.07) is 22.2. The van der Waals surface area contributed by atoms with E-state index < -0.39 is 0 Å². The van der Waals surface area contributed by atoms with Crippen LogP contribution >= 0.6 is 0 Å². The van der Waals surface area contributed by atoms with E-state index in [0.29, 0.717) is 0 Å². The lowest BCUT2D eigenvalue weighted by Gasteiger charge is -2.09. The largest absolute Gasteiger partial charge is 0.309 e. The maximum atomic E-state index is 2.38. The van der Waals surface area contributed by atoms with Crippen LogP contribution in [0.5, 0.6) is 0 Å². The fourth-order valence-electron chi connectivity index (χ4n) is 3.21. The molecule has 4 rings (SSSR count). The van der Waals surface area contributed by atoms with E-state index in [2.05, 4.69) is 86.0 Å². The van der Waals surface area contributed by atoms with Crippen molar-refractivity contribution >= 4 is 21.8 Å². The molecule has 0 spiro atoms. The molecule has 0 amide bonds. The van der Waals surface area contributed by atoms with Crippen molar-refractivity contribution in [2.75, 3.05) is 0 Å². The van der Waals surface area contributed by atoms with Crippen LogP contribution in [0.3, 0.4) is 0 Å². The summed E-state index contributed by atoms with van der Waals surface area (Å²) in [5, 5.41) is 2.64. The molecule has 1 heterocycles. The molecule has 108 valence electrons. The van der Waals surface area contributed by atoms with Crippen molar-refractivity contribution in [3.8, 4) is 5.69 Å². The summed E-state index contributed by atoms with van der Waals surface area (Å²) in [6.07, 6.45) is 0. The maximum Gasteiger partial charge on any atom is 0.0543 e. The molecule has 0 aliphatic heterocycles. The van der Waals surface area contributed by atoms with Gasteiger partial charge in [-0.05, 0) is 56.2 Å². The number of rotatable bonds is 1. The fraction of sp³-hybridized carbons (Fsp3) is 0.143. The first-order chi connectivity index (χ1) is 10.6. The molecule has 1 heteroatoms. The van der Waals surface area contributed by atoms with Crippen molar-refractivity contribution in [3.63, 3.8) is 0 Å². The van der Waals surface area contributed by atoms with Gasteiger partial charge in [0.05, 0.1) is 11.0 Å². The van der Waals surface area contributed by atoms with E-state index in [1.165, 1.54) is 44.2 Å². The van der Waals surface area contributed by atoms with Gasteiger partial charge in [-0.25, -0.2) is 0 Å². The predicted molar refractivity (Wildman–Crippen MR) is 95.0 cm³/mol. The number of hydrogen-bond acceptors (Lipinski definition) is 0. The SMILES string of the molecule is Cc1ccc(-n2c3cc(C)ccc3c3ccc(C)cc32)cc1. The summed E-state index contributed by atoms with van der Waals surface area (Å²) in [6.45, 7) is 6.44. The van der Waals surface area contributed by atoms with Crippen LogP contribution in [0.4, 0.5) is 0 Å². The molecule has 0 aliphatic carbocycles. The highest BCUT2D eigenvalue weighted by molar-refractivity contribution is 6.09. The van der Waals surface area contributed by atoms with Crippen LogP contribution in [-0.4, -0.2) is 4.57 Å². The predicted octanol–water partition coefficient (Wildman–Crippen LogP) is 5.71. The van der Waals surface area contributed by atoms with Crippen LogP contribution in [0.2, 0.25) is 0 Å². The Bertz CT molecular complexity index is 929. The number of aryl methyl sites for hydroxylation is 3. The van der Waals surface area contributed by atoms with Crippen molar-refractivity contribution in [1.82, 2.24) is 4.57 Å². The monoisotopic (exact) mass is 285 g/mol. The molecule has 4 aromatic rings. The molecule has 0 saturated heterocycles. The zero-order valence-corrected chi connectivity index (χ0v) is 13.2. The molecule has 0 unspecified atom stereocenters. The van der Waals surface area contributed by atoms with Crippen molar-refractivity contribution in [1.29, 1.82) is 0 Å². The van der Waals surface area contributed by atoms with E-state index in [4.69, 9.17) is 0 Å². The second-order valence-corrected chi connectivity index (χ2v) is 6.21. The summed E-state index contributed by atoms with van der Waals surface area (Å²) >= 11 is 0. The second kappa shape index (κ2) is 4.74. The van der Waals surface area contributed by atoms with E-state index in [1.807, 2.05) is 0 Å². The van der Waals surface area contributed by atoms with Gasteiger partial charge in [0.2, 0.25) is 0 Å². The zero-order chi connectivity index (χ0) is 15.3. The van der Waals surface area contributed by atoms with Gasteiger partial charge >= 0.3 is 0 Å². The normalized spacial score (nSPS) is 11.4. The van der Waals surface area contributed by atoms with Crippen molar-refractivity contribution < 1.29 is 0 Å². The van der Waals surface area contributed by atoms with Crippen LogP contribution in [-0.2, 0) is 0 Å². The molecule has 0 atom stereocenters. The highest BCUT2D eigenvalue weighted by Gasteiger charge is 2.12. The van der Waals surface area contributed by atoms with Crippen molar-refractivity contribution in [2.24, 2.45) is 0 Å². The molecule has 0 saturated carbocycles. The van der Waals surface area contributed by atoms with Gasteiger partial charge in [-0.1, -0.05) is 42.0 Å². The van der Waals surface area contributed by atoms with Crippen LogP contribution in [0, 0.1) is 20.8 Å². The van der Waals surface area contributed by atoms with Gasteiger partial charge in [-0.2, -0.15) is 0 Å². The van der Waals surface area contributed by atoms with Gasteiger partial charge in [0.15, 0.2) is 0 Å². The molecule has 0 aliphatic rings. The Morgan fingerprint density at radius 3 is 1.50 bits per heavy atom. The molecule has 0 fully saturated rings. The van der Waals surface area contributed by atoms with Gasteiger partial charge in [-0.15, -0.1) is 0 Å². The Kier molecular flexibility index (Phi) is 2.83. The lowest BCUT2D eigenvalue weighted by Crippen LogP contribution is -1.94.